The fourth-order valence-corrected chi connectivity index (χ4v) is 1.46. The summed E-state index contributed by atoms with van der Waals surface area (Å²) in [5, 5.41) is 3.19. The molecular weight excluding hydrogens is 232 g/mol. The zero-order chi connectivity index (χ0) is 13.4. The SMILES string of the molecule is CCOc1nc(CC)nc(NCCCOC)c1N. The molecule has 0 amide bonds. The van der Waals surface area contributed by atoms with Crippen LogP contribution in [-0.4, -0.2) is 36.8 Å². The van der Waals surface area contributed by atoms with Crippen molar-refractivity contribution in [3.05, 3.63) is 5.82 Å². The Bertz CT molecular complexity index is 371. The van der Waals surface area contributed by atoms with Crippen molar-refractivity contribution in [3.8, 4) is 5.88 Å². The molecule has 0 unspecified atom stereocenters. The number of methoxy groups -OCH3 is 1. The molecule has 1 rings (SSSR count). The van der Waals surface area contributed by atoms with Gasteiger partial charge in [0.05, 0.1) is 6.61 Å². The molecule has 0 fully saturated rings. The number of aryl methyl sites for hydroxylation is 1. The number of anilines is 2. The third-order valence-electron chi connectivity index (χ3n) is 2.37. The molecule has 6 nitrogen and oxygen atoms in total. The van der Waals surface area contributed by atoms with Crippen LogP contribution in [0.25, 0.3) is 0 Å². The highest BCUT2D eigenvalue weighted by atomic mass is 16.5. The van der Waals surface area contributed by atoms with E-state index in [0.717, 1.165) is 25.2 Å². The maximum absolute atomic E-state index is 5.96. The molecule has 0 saturated carbocycles. The average molecular weight is 254 g/mol. The van der Waals surface area contributed by atoms with Crippen molar-refractivity contribution < 1.29 is 9.47 Å². The lowest BCUT2D eigenvalue weighted by Gasteiger charge is -2.13. The normalized spacial score (nSPS) is 10.4. The van der Waals surface area contributed by atoms with Crippen LogP contribution >= 0.6 is 0 Å². The Labute approximate surface area is 108 Å². The minimum absolute atomic E-state index is 0.457. The van der Waals surface area contributed by atoms with Gasteiger partial charge in [0.25, 0.3) is 0 Å². The highest BCUT2D eigenvalue weighted by Crippen LogP contribution is 2.26. The van der Waals surface area contributed by atoms with E-state index in [1.54, 1.807) is 7.11 Å². The average Bonchev–Trinajstić information content (AvgIpc) is 2.38. The Balaban J connectivity index is 2.77. The van der Waals surface area contributed by atoms with Crippen molar-refractivity contribution in [2.75, 3.05) is 37.9 Å². The van der Waals surface area contributed by atoms with Gasteiger partial charge in [0, 0.05) is 26.7 Å². The summed E-state index contributed by atoms with van der Waals surface area (Å²) in [5.41, 5.74) is 6.43. The fraction of sp³-hybridized carbons (Fsp3) is 0.667. The van der Waals surface area contributed by atoms with Crippen LogP contribution in [0.5, 0.6) is 5.88 Å². The third kappa shape index (κ3) is 4.03. The van der Waals surface area contributed by atoms with Crippen molar-refractivity contribution in [2.24, 2.45) is 0 Å². The lowest BCUT2D eigenvalue weighted by molar-refractivity contribution is 0.198. The van der Waals surface area contributed by atoms with Crippen LogP contribution in [-0.2, 0) is 11.2 Å². The molecule has 0 bridgehead atoms. The highest BCUT2D eigenvalue weighted by molar-refractivity contribution is 5.66. The Morgan fingerprint density at radius 1 is 1.28 bits per heavy atom. The summed E-state index contributed by atoms with van der Waals surface area (Å²) in [6.07, 6.45) is 1.64. The number of hydrogen-bond acceptors (Lipinski definition) is 6. The van der Waals surface area contributed by atoms with E-state index < -0.39 is 0 Å². The quantitative estimate of drug-likeness (QED) is 0.684. The predicted octanol–water partition coefficient (Wildman–Crippen LogP) is 1.47. The van der Waals surface area contributed by atoms with Gasteiger partial charge in [-0.25, -0.2) is 4.98 Å². The number of aromatic nitrogens is 2. The van der Waals surface area contributed by atoms with E-state index in [1.165, 1.54) is 0 Å². The minimum atomic E-state index is 0.457. The van der Waals surface area contributed by atoms with Gasteiger partial charge >= 0.3 is 0 Å². The molecule has 1 aromatic heterocycles. The monoisotopic (exact) mass is 254 g/mol. The Morgan fingerprint density at radius 3 is 2.67 bits per heavy atom. The van der Waals surface area contributed by atoms with E-state index >= 15 is 0 Å². The van der Waals surface area contributed by atoms with Crippen molar-refractivity contribution >= 4 is 11.5 Å². The number of rotatable bonds is 8. The standard InChI is InChI=1S/C12H22N4O2/c1-4-9-15-11(14-7-6-8-17-3)10(13)12(16-9)18-5-2/h4-8,13H2,1-3H3,(H,14,15,16). The maximum atomic E-state index is 5.96. The van der Waals surface area contributed by atoms with Crippen LogP contribution in [0, 0.1) is 0 Å². The van der Waals surface area contributed by atoms with E-state index in [4.69, 9.17) is 15.2 Å². The molecule has 0 spiro atoms. The van der Waals surface area contributed by atoms with Crippen LogP contribution < -0.4 is 15.8 Å². The molecule has 6 heteroatoms. The van der Waals surface area contributed by atoms with E-state index in [2.05, 4.69) is 15.3 Å². The first-order valence-electron chi connectivity index (χ1n) is 6.24. The smallest absolute Gasteiger partial charge is 0.242 e. The Hall–Kier alpha value is -1.56. The van der Waals surface area contributed by atoms with Crippen LogP contribution in [0.3, 0.4) is 0 Å². The lowest BCUT2D eigenvalue weighted by atomic mass is 10.3. The van der Waals surface area contributed by atoms with Gasteiger partial charge in [-0.2, -0.15) is 4.98 Å². The zero-order valence-corrected chi connectivity index (χ0v) is 11.3. The summed E-state index contributed by atoms with van der Waals surface area (Å²) >= 11 is 0. The fourth-order valence-electron chi connectivity index (χ4n) is 1.46. The van der Waals surface area contributed by atoms with Crippen LogP contribution in [0.1, 0.15) is 26.1 Å². The van der Waals surface area contributed by atoms with Crippen LogP contribution in [0.2, 0.25) is 0 Å². The van der Waals surface area contributed by atoms with Crippen LogP contribution in [0.4, 0.5) is 11.5 Å². The first-order valence-corrected chi connectivity index (χ1v) is 6.24. The molecule has 18 heavy (non-hydrogen) atoms. The van der Waals surface area contributed by atoms with Gasteiger partial charge in [0.1, 0.15) is 11.5 Å². The van der Waals surface area contributed by atoms with E-state index in [-0.39, 0.29) is 0 Å². The predicted molar refractivity (Wildman–Crippen MR) is 72.0 cm³/mol. The van der Waals surface area contributed by atoms with Gasteiger partial charge in [-0.15, -0.1) is 0 Å². The highest BCUT2D eigenvalue weighted by Gasteiger charge is 2.11. The zero-order valence-electron chi connectivity index (χ0n) is 11.3. The van der Waals surface area contributed by atoms with Crippen LogP contribution in [0.15, 0.2) is 0 Å². The summed E-state index contributed by atoms with van der Waals surface area (Å²) < 4.78 is 10.4. The number of hydrogen-bond donors (Lipinski definition) is 2. The van der Waals surface area contributed by atoms with Crippen molar-refractivity contribution in [1.29, 1.82) is 0 Å². The topological polar surface area (TPSA) is 82.3 Å². The number of nitrogens with zero attached hydrogens (tertiary/aromatic N) is 2. The lowest BCUT2D eigenvalue weighted by Crippen LogP contribution is -2.12. The number of nitrogen functional groups attached to an aromatic ring is 1. The summed E-state index contributed by atoms with van der Waals surface area (Å²) in [7, 11) is 1.68. The number of ether oxygens (including phenoxy) is 2. The summed E-state index contributed by atoms with van der Waals surface area (Å²) in [4.78, 5) is 8.63. The van der Waals surface area contributed by atoms with E-state index in [9.17, 15) is 0 Å². The first kappa shape index (κ1) is 14.5. The van der Waals surface area contributed by atoms with E-state index in [0.29, 0.717) is 30.6 Å². The van der Waals surface area contributed by atoms with E-state index in [1.807, 2.05) is 13.8 Å². The van der Waals surface area contributed by atoms with Crippen molar-refractivity contribution in [3.63, 3.8) is 0 Å². The number of nitrogens with two attached hydrogens (primary N) is 1. The van der Waals surface area contributed by atoms with Gasteiger partial charge in [0.2, 0.25) is 5.88 Å². The summed E-state index contributed by atoms with van der Waals surface area (Å²) in [6, 6.07) is 0. The summed E-state index contributed by atoms with van der Waals surface area (Å²) in [6.45, 7) is 5.89. The van der Waals surface area contributed by atoms with Gasteiger partial charge < -0.3 is 20.5 Å². The molecule has 102 valence electrons. The maximum Gasteiger partial charge on any atom is 0.242 e. The second-order valence-electron chi connectivity index (χ2n) is 3.77. The summed E-state index contributed by atoms with van der Waals surface area (Å²) in [5.74, 6) is 1.82. The molecule has 1 heterocycles. The molecule has 1 aromatic rings. The van der Waals surface area contributed by atoms with Gasteiger partial charge in [-0.1, -0.05) is 6.92 Å². The second-order valence-corrected chi connectivity index (χ2v) is 3.77. The molecule has 3 N–H and O–H groups in total. The number of nitrogens with one attached hydrogen (secondary N) is 1. The van der Waals surface area contributed by atoms with Crippen molar-refractivity contribution in [1.82, 2.24) is 9.97 Å². The molecule has 0 atom stereocenters. The first-order chi connectivity index (χ1) is 8.72. The second kappa shape index (κ2) is 7.71. The minimum Gasteiger partial charge on any atom is -0.476 e. The van der Waals surface area contributed by atoms with Gasteiger partial charge in [0.15, 0.2) is 5.82 Å². The molecule has 0 radical (unpaired) electrons. The largest absolute Gasteiger partial charge is 0.476 e. The third-order valence-corrected chi connectivity index (χ3v) is 2.37. The van der Waals surface area contributed by atoms with Gasteiger partial charge in [-0.05, 0) is 13.3 Å². The Morgan fingerprint density at radius 2 is 2.06 bits per heavy atom. The van der Waals surface area contributed by atoms with Crippen molar-refractivity contribution in [2.45, 2.75) is 26.7 Å². The molecular formula is C12H22N4O2. The Kier molecular flexibility index (Phi) is 6.21. The molecule has 0 aliphatic rings. The van der Waals surface area contributed by atoms with Gasteiger partial charge in [-0.3, -0.25) is 0 Å². The molecule has 0 saturated heterocycles. The molecule has 0 aliphatic carbocycles. The molecule has 0 aromatic carbocycles. The molecule has 0 aliphatic heterocycles.